The molecule has 0 radical (unpaired) electrons. The van der Waals surface area contributed by atoms with Gasteiger partial charge < -0.3 is 9.64 Å². The molecule has 1 saturated heterocycles. The smallest absolute Gasteiger partial charge is 0.185 e. The van der Waals surface area contributed by atoms with Crippen molar-refractivity contribution in [2.75, 3.05) is 12.0 Å². The Labute approximate surface area is 226 Å². The van der Waals surface area contributed by atoms with E-state index in [1.807, 2.05) is 83.8 Å². The molecule has 1 fully saturated rings. The van der Waals surface area contributed by atoms with Crippen molar-refractivity contribution in [2.24, 2.45) is 5.41 Å². The van der Waals surface area contributed by atoms with Gasteiger partial charge in [-0.2, -0.15) is 0 Å². The second-order valence-electron chi connectivity index (χ2n) is 10.3. The van der Waals surface area contributed by atoms with Crippen LogP contribution < -0.4 is 9.64 Å². The van der Waals surface area contributed by atoms with Gasteiger partial charge in [-0.15, -0.1) is 0 Å². The fraction of sp³-hybridized carbons (Fsp3) is 0.147. The van der Waals surface area contributed by atoms with Gasteiger partial charge in [0.05, 0.1) is 13.2 Å². The molecule has 0 bridgehead atoms. The Morgan fingerprint density at radius 3 is 2.18 bits per heavy atom. The van der Waals surface area contributed by atoms with E-state index in [4.69, 9.17) is 4.74 Å². The van der Waals surface area contributed by atoms with Crippen LogP contribution in [0.15, 0.2) is 109 Å². The molecule has 2 aliphatic heterocycles. The van der Waals surface area contributed by atoms with Gasteiger partial charge in [0.25, 0.3) is 0 Å². The van der Waals surface area contributed by atoms with Gasteiger partial charge in [-0.3, -0.25) is 14.4 Å². The maximum Gasteiger partial charge on any atom is 0.185 e. The van der Waals surface area contributed by atoms with Crippen molar-refractivity contribution in [3.63, 3.8) is 0 Å². The van der Waals surface area contributed by atoms with Crippen molar-refractivity contribution < 1.29 is 19.1 Å². The molecule has 39 heavy (non-hydrogen) atoms. The number of ether oxygens (including phenoxy) is 1. The lowest BCUT2D eigenvalue weighted by Crippen LogP contribution is -2.48. The Bertz CT molecular complexity index is 1650. The number of rotatable bonds is 4. The Morgan fingerprint density at radius 2 is 1.46 bits per heavy atom. The topological polar surface area (TPSA) is 63.7 Å². The molecule has 0 saturated carbocycles. The first-order valence-electron chi connectivity index (χ1n) is 13.0. The van der Waals surface area contributed by atoms with Crippen LogP contribution in [0.25, 0.3) is 6.08 Å². The lowest BCUT2D eigenvalue weighted by Gasteiger charge is -2.37. The zero-order valence-corrected chi connectivity index (χ0v) is 21.3. The van der Waals surface area contributed by atoms with Crippen LogP contribution >= 0.6 is 0 Å². The molecule has 0 N–H and O–H groups in total. The quantitative estimate of drug-likeness (QED) is 0.248. The fourth-order valence-corrected chi connectivity index (χ4v) is 6.90. The van der Waals surface area contributed by atoms with Crippen LogP contribution in [0.5, 0.6) is 5.75 Å². The maximum atomic E-state index is 14.6. The molecule has 5 heteroatoms. The second-order valence-corrected chi connectivity index (χ2v) is 10.3. The first kappa shape index (κ1) is 23.4. The normalized spacial score (nSPS) is 22.0. The summed E-state index contributed by atoms with van der Waals surface area (Å²) < 4.78 is 5.55. The predicted octanol–water partition coefficient (Wildman–Crippen LogP) is 6.01. The largest absolute Gasteiger partial charge is 0.497 e. The molecule has 3 atom stereocenters. The van der Waals surface area contributed by atoms with E-state index >= 15 is 0 Å². The van der Waals surface area contributed by atoms with Crippen molar-refractivity contribution in [3.05, 3.63) is 137 Å². The number of benzene rings is 4. The summed E-state index contributed by atoms with van der Waals surface area (Å²) in [4.78, 5) is 45.8. The van der Waals surface area contributed by atoms with Gasteiger partial charge in [0.1, 0.15) is 17.2 Å². The molecule has 7 rings (SSSR count). The molecule has 0 aromatic heterocycles. The van der Waals surface area contributed by atoms with Crippen LogP contribution in [-0.2, 0) is 0 Å². The lowest BCUT2D eigenvalue weighted by atomic mass is 9.64. The monoisotopic (exact) mass is 511 g/mol. The van der Waals surface area contributed by atoms with E-state index < -0.39 is 23.4 Å². The molecule has 190 valence electrons. The highest BCUT2D eigenvalue weighted by atomic mass is 16.5. The van der Waals surface area contributed by atoms with E-state index in [0.29, 0.717) is 22.4 Å². The molecule has 0 amide bonds. The molecule has 5 nitrogen and oxygen atoms in total. The molecule has 4 aromatic carbocycles. The van der Waals surface area contributed by atoms with E-state index in [1.165, 1.54) is 0 Å². The van der Waals surface area contributed by atoms with Crippen molar-refractivity contribution in [2.45, 2.75) is 18.0 Å². The SMILES string of the molecule is COc1cccc([C@@H]2[C@@H](C(=O)c3ccccc3)N3c4ccccc4C=C[C@@H]3C23C(=O)c2ccccc2C3=O)c1. The van der Waals surface area contributed by atoms with Crippen molar-refractivity contribution in [3.8, 4) is 5.75 Å². The highest BCUT2D eigenvalue weighted by Crippen LogP contribution is 2.61. The summed E-state index contributed by atoms with van der Waals surface area (Å²) in [6, 6.07) is 30.0. The second kappa shape index (κ2) is 8.63. The molecule has 3 aliphatic rings. The first-order chi connectivity index (χ1) is 19.1. The number of para-hydroxylation sites is 1. The minimum Gasteiger partial charge on any atom is -0.497 e. The Balaban J connectivity index is 1.56. The number of fused-ring (bicyclic) bond motifs is 5. The van der Waals surface area contributed by atoms with Gasteiger partial charge in [-0.25, -0.2) is 0 Å². The molecule has 1 aliphatic carbocycles. The molecule has 0 unspecified atom stereocenters. The van der Waals surface area contributed by atoms with Crippen LogP contribution in [0.1, 0.15) is 48.1 Å². The van der Waals surface area contributed by atoms with E-state index in [1.54, 1.807) is 43.5 Å². The predicted molar refractivity (Wildman–Crippen MR) is 150 cm³/mol. The van der Waals surface area contributed by atoms with Crippen LogP contribution in [0.4, 0.5) is 5.69 Å². The van der Waals surface area contributed by atoms with Crippen LogP contribution in [0, 0.1) is 5.41 Å². The van der Waals surface area contributed by atoms with E-state index in [2.05, 4.69) is 0 Å². The summed E-state index contributed by atoms with van der Waals surface area (Å²) >= 11 is 0. The number of anilines is 1. The zero-order chi connectivity index (χ0) is 26.7. The summed E-state index contributed by atoms with van der Waals surface area (Å²) in [5.41, 5.74) is 2.34. The third-order valence-corrected chi connectivity index (χ3v) is 8.49. The number of carbonyl (C=O) groups is 3. The molecular formula is C34H25NO4. The average Bonchev–Trinajstić information content (AvgIpc) is 3.43. The first-order valence-corrected chi connectivity index (χ1v) is 13.0. The molecular weight excluding hydrogens is 486 g/mol. The van der Waals surface area contributed by atoms with Crippen molar-refractivity contribution >= 4 is 29.1 Å². The Morgan fingerprint density at radius 1 is 0.795 bits per heavy atom. The Kier molecular flexibility index (Phi) is 5.17. The number of Topliss-reactive ketones (excluding diaryl/α,β-unsaturated/α-hetero) is 3. The van der Waals surface area contributed by atoms with Gasteiger partial charge in [0.15, 0.2) is 17.3 Å². The Hall–Kier alpha value is -4.77. The van der Waals surface area contributed by atoms with Crippen LogP contribution in [0.3, 0.4) is 0 Å². The average molecular weight is 512 g/mol. The van der Waals surface area contributed by atoms with Gasteiger partial charge in [-0.1, -0.05) is 97.1 Å². The number of ketones is 3. The van der Waals surface area contributed by atoms with E-state index in [9.17, 15) is 14.4 Å². The molecule has 1 spiro atoms. The number of carbonyl (C=O) groups excluding carboxylic acids is 3. The summed E-state index contributed by atoms with van der Waals surface area (Å²) in [5, 5.41) is 0. The highest BCUT2D eigenvalue weighted by molar-refractivity contribution is 6.32. The fourth-order valence-electron chi connectivity index (χ4n) is 6.90. The van der Waals surface area contributed by atoms with E-state index in [0.717, 1.165) is 16.8 Å². The van der Waals surface area contributed by atoms with Crippen molar-refractivity contribution in [1.82, 2.24) is 0 Å². The summed E-state index contributed by atoms with van der Waals surface area (Å²) in [6.07, 6.45) is 3.91. The van der Waals surface area contributed by atoms with Gasteiger partial charge in [0.2, 0.25) is 0 Å². The minimum absolute atomic E-state index is 0.132. The summed E-state index contributed by atoms with van der Waals surface area (Å²) in [7, 11) is 1.58. The van der Waals surface area contributed by atoms with Crippen LogP contribution in [-0.4, -0.2) is 36.5 Å². The third-order valence-electron chi connectivity index (χ3n) is 8.49. The van der Waals surface area contributed by atoms with Gasteiger partial charge >= 0.3 is 0 Å². The molecule has 4 aromatic rings. The number of hydrogen-bond donors (Lipinski definition) is 0. The van der Waals surface area contributed by atoms with Gasteiger partial charge in [-0.05, 0) is 29.3 Å². The number of nitrogens with zero attached hydrogens (tertiary/aromatic N) is 1. The number of hydrogen-bond acceptors (Lipinski definition) is 5. The summed E-state index contributed by atoms with van der Waals surface area (Å²) in [6.45, 7) is 0. The lowest BCUT2D eigenvalue weighted by molar-refractivity contribution is 0.0665. The summed E-state index contributed by atoms with van der Waals surface area (Å²) in [5.74, 6) is -0.762. The third kappa shape index (κ3) is 3.10. The number of methoxy groups -OCH3 is 1. The zero-order valence-electron chi connectivity index (χ0n) is 21.3. The highest BCUT2D eigenvalue weighted by Gasteiger charge is 2.71. The van der Waals surface area contributed by atoms with Crippen molar-refractivity contribution in [1.29, 1.82) is 0 Å². The minimum atomic E-state index is -1.52. The maximum absolute atomic E-state index is 14.6. The molecule has 2 heterocycles. The van der Waals surface area contributed by atoms with Gasteiger partial charge in [0, 0.05) is 28.3 Å². The van der Waals surface area contributed by atoms with E-state index in [-0.39, 0.29) is 17.3 Å². The standard InChI is InChI=1S/C34H25NO4/c1-39-24-14-9-13-23(20-24)29-30(31(36)22-11-3-2-4-12-22)35-27-17-8-5-10-21(27)18-19-28(35)34(29)32(37)25-15-6-7-16-26(25)33(34)38/h2-20,28-30H,1H3/t28-,29-,30+/m1/s1. The van der Waals surface area contributed by atoms with Crippen LogP contribution in [0.2, 0.25) is 0 Å².